The molecular formula is C19H23FN4O3. The second kappa shape index (κ2) is 8.75. The first kappa shape index (κ1) is 19.0. The highest BCUT2D eigenvalue weighted by Crippen LogP contribution is 2.19. The summed E-state index contributed by atoms with van der Waals surface area (Å²) in [7, 11) is 0. The molecule has 7 nitrogen and oxygen atoms in total. The van der Waals surface area contributed by atoms with Crippen molar-refractivity contribution in [2.24, 2.45) is 5.92 Å². The van der Waals surface area contributed by atoms with Crippen LogP contribution in [0.25, 0.3) is 0 Å². The van der Waals surface area contributed by atoms with Crippen LogP contribution in [0.15, 0.2) is 28.8 Å². The summed E-state index contributed by atoms with van der Waals surface area (Å²) >= 11 is 0. The van der Waals surface area contributed by atoms with Gasteiger partial charge in [0.2, 0.25) is 17.7 Å². The molecule has 0 bridgehead atoms. The highest BCUT2D eigenvalue weighted by molar-refractivity contribution is 5.83. The Morgan fingerprint density at radius 1 is 1.44 bits per heavy atom. The van der Waals surface area contributed by atoms with Gasteiger partial charge in [-0.05, 0) is 30.5 Å². The predicted octanol–water partition coefficient (Wildman–Crippen LogP) is 1.87. The molecule has 1 fully saturated rings. The van der Waals surface area contributed by atoms with Crippen molar-refractivity contribution in [3.05, 3.63) is 47.4 Å². The van der Waals surface area contributed by atoms with Crippen molar-refractivity contribution in [1.82, 2.24) is 20.4 Å². The van der Waals surface area contributed by atoms with E-state index in [0.29, 0.717) is 50.5 Å². The van der Waals surface area contributed by atoms with E-state index in [9.17, 15) is 14.0 Å². The maximum absolute atomic E-state index is 13.3. The molecule has 1 aromatic heterocycles. The quantitative estimate of drug-likeness (QED) is 0.799. The minimum atomic E-state index is -0.289. The van der Waals surface area contributed by atoms with E-state index in [2.05, 4.69) is 15.5 Å². The van der Waals surface area contributed by atoms with Crippen molar-refractivity contribution in [1.29, 1.82) is 0 Å². The lowest BCUT2D eigenvalue weighted by molar-refractivity contribution is -0.138. The van der Waals surface area contributed by atoms with Gasteiger partial charge in [-0.1, -0.05) is 24.2 Å². The number of piperidine rings is 1. The van der Waals surface area contributed by atoms with E-state index in [1.807, 2.05) is 13.0 Å². The largest absolute Gasteiger partial charge is 0.348 e. The fourth-order valence-corrected chi connectivity index (χ4v) is 3.12. The number of amides is 2. The SMILES string of the molecule is CCc1nc(CNC(=O)[C@@H]2CCC(=O)N(CCc3cccc(F)c3)C2)no1. The number of aryl methyl sites for hydroxylation is 1. The van der Waals surface area contributed by atoms with Gasteiger partial charge in [0.15, 0.2) is 5.82 Å². The normalized spacial score (nSPS) is 17.2. The number of rotatable bonds is 7. The van der Waals surface area contributed by atoms with E-state index < -0.39 is 0 Å². The summed E-state index contributed by atoms with van der Waals surface area (Å²) in [6.45, 7) is 2.95. The Kier molecular flexibility index (Phi) is 6.16. The first-order valence-electron chi connectivity index (χ1n) is 9.16. The first-order valence-corrected chi connectivity index (χ1v) is 9.16. The van der Waals surface area contributed by atoms with Gasteiger partial charge in [0, 0.05) is 25.9 Å². The van der Waals surface area contributed by atoms with Crippen LogP contribution in [0, 0.1) is 11.7 Å². The molecule has 2 amide bonds. The highest BCUT2D eigenvalue weighted by atomic mass is 19.1. The zero-order valence-corrected chi connectivity index (χ0v) is 15.3. The lowest BCUT2D eigenvalue weighted by atomic mass is 9.96. The maximum atomic E-state index is 13.3. The van der Waals surface area contributed by atoms with E-state index in [0.717, 1.165) is 5.56 Å². The van der Waals surface area contributed by atoms with Gasteiger partial charge in [0.1, 0.15) is 5.82 Å². The van der Waals surface area contributed by atoms with Crippen molar-refractivity contribution in [3.63, 3.8) is 0 Å². The van der Waals surface area contributed by atoms with E-state index in [-0.39, 0.29) is 30.1 Å². The molecule has 1 saturated heterocycles. The van der Waals surface area contributed by atoms with Crippen LogP contribution in [0.1, 0.15) is 37.0 Å². The molecule has 3 rings (SSSR count). The second-order valence-corrected chi connectivity index (χ2v) is 6.63. The lowest BCUT2D eigenvalue weighted by Gasteiger charge is -2.32. The van der Waals surface area contributed by atoms with Crippen LogP contribution in [0.4, 0.5) is 4.39 Å². The molecular weight excluding hydrogens is 351 g/mol. The van der Waals surface area contributed by atoms with Gasteiger partial charge in [-0.25, -0.2) is 4.39 Å². The van der Waals surface area contributed by atoms with Crippen molar-refractivity contribution in [3.8, 4) is 0 Å². The van der Waals surface area contributed by atoms with Gasteiger partial charge in [0.05, 0.1) is 12.5 Å². The standard InChI is InChI=1S/C19H23FN4O3/c1-2-17-22-16(23-27-17)11-21-19(26)14-6-7-18(25)24(12-14)9-8-13-4-3-5-15(20)10-13/h3-5,10,14H,2,6-9,11-12H2,1H3,(H,21,26)/t14-/m1/s1. The Labute approximate surface area is 156 Å². The minimum Gasteiger partial charge on any atom is -0.348 e. The Morgan fingerprint density at radius 2 is 2.30 bits per heavy atom. The lowest BCUT2D eigenvalue weighted by Crippen LogP contribution is -2.46. The summed E-state index contributed by atoms with van der Waals surface area (Å²) in [6.07, 6.45) is 2.06. The highest BCUT2D eigenvalue weighted by Gasteiger charge is 2.30. The Morgan fingerprint density at radius 3 is 3.04 bits per heavy atom. The van der Waals surface area contributed by atoms with E-state index >= 15 is 0 Å². The van der Waals surface area contributed by atoms with E-state index in [4.69, 9.17) is 4.52 Å². The summed E-state index contributed by atoms with van der Waals surface area (Å²) in [5, 5.41) is 6.62. The molecule has 27 heavy (non-hydrogen) atoms. The Hall–Kier alpha value is -2.77. The molecule has 2 aromatic rings. The zero-order chi connectivity index (χ0) is 19.2. The summed E-state index contributed by atoms with van der Waals surface area (Å²) in [5.41, 5.74) is 0.832. The van der Waals surface area contributed by atoms with Gasteiger partial charge in [-0.2, -0.15) is 4.98 Å². The van der Waals surface area contributed by atoms with Gasteiger partial charge >= 0.3 is 0 Å². The van der Waals surface area contributed by atoms with Gasteiger partial charge in [-0.15, -0.1) is 0 Å². The number of halogens is 1. The van der Waals surface area contributed by atoms with Gasteiger partial charge in [0.25, 0.3) is 0 Å². The smallest absolute Gasteiger partial charge is 0.226 e. The van der Waals surface area contributed by atoms with Crippen molar-refractivity contribution in [2.45, 2.75) is 39.2 Å². The fourth-order valence-electron chi connectivity index (χ4n) is 3.12. The molecule has 0 radical (unpaired) electrons. The van der Waals surface area contributed by atoms with E-state index in [1.54, 1.807) is 11.0 Å². The molecule has 144 valence electrons. The average molecular weight is 374 g/mol. The number of nitrogens with zero attached hydrogens (tertiary/aromatic N) is 3. The number of carbonyl (C=O) groups excluding carboxylic acids is 2. The molecule has 1 aliphatic heterocycles. The number of nitrogens with one attached hydrogen (secondary N) is 1. The molecule has 1 N–H and O–H groups in total. The number of benzene rings is 1. The minimum absolute atomic E-state index is 0.0289. The van der Waals surface area contributed by atoms with Crippen LogP contribution < -0.4 is 5.32 Å². The predicted molar refractivity (Wildman–Crippen MR) is 94.9 cm³/mol. The van der Waals surface area contributed by atoms with Gasteiger partial charge < -0.3 is 14.7 Å². The summed E-state index contributed by atoms with van der Waals surface area (Å²) in [6, 6.07) is 6.34. The number of hydrogen-bond donors (Lipinski definition) is 1. The second-order valence-electron chi connectivity index (χ2n) is 6.63. The zero-order valence-electron chi connectivity index (χ0n) is 15.3. The van der Waals surface area contributed by atoms with Crippen molar-refractivity contribution < 1.29 is 18.5 Å². The van der Waals surface area contributed by atoms with Crippen LogP contribution in [-0.4, -0.2) is 39.9 Å². The van der Waals surface area contributed by atoms with Crippen LogP contribution >= 0.6 is 0 Å². The molecule has 1 aromatic carbocycles. The Balaban J connectivity index is 1.50. The van der Waals surface area contributed by atoms with Crippen molar-refractivity contribution >= 4 is 11.8 Å². The molecule has 8 heteroatoms. The van der Waals surface area contributed by atoms with E-state index in [1.165, 1.54) is 12.1 Å². The molecule has 2 heterocycles. The number of carbonyl (C=O) groups is 2. The molecule has 0 aliphatic carbocycles. The fraction of sp³-hybridized carbons (Fsp3) is 0.474. The monoisotopic (exact) mass is 374 g/mol. The molecule has 1 atom stereocenters. The topological polar surface area (TPSA) is 88.3 Å². The number of likely N-dealkylation sites (tertiary alicyclic amines) is 1. The number of aromatic nitrogens is 2. The summed E-state index contributed by atoms with van der Waals surface area (Å²) < 4.78 is 18.3. The number of hydrogen-bond acceptors (Lipinski definition) is 5. The third kappa shape index (κ3) is 5.12. The molecule has 0 spiro atoms. The van der Waals surface area contributed by atoms with Gasteiger partial charge in [-0.3, -0.25) is 9.59 Å². The molecule has 0 saturated carbocycles. The average Bonchev–Trinajstić information content (AvgIpc) is 3.13. The maximum Gasteiger partial charge on any atom is 0.226 e. The molecule has 0 unspecified atom stereocenters. The third-order valence-corrected chi connectivity index (χ3v) is 4.66. The Bertz CT molecular complexity index is 808. The first-order chi connectivity index (χ1) is 13.0. The van der Waals surface area contributed by atoms with Crippen LogP contribution in [0.3, 0.4) is 0 Å². The third-order valence-electron chi connectivity index (χ3n) is 4.66. The summed E-state index contributed by atoms with van der Waals surface area (Å²) in [5.74, 6) is 0.318. The summed E-state index contributed by atoms with van der Waals surface area (Å²) in [4.78, 5) is 30.4. The van der Waals surface area contributed by atoms with Crippen LogP contribution in [0.2, 0.25) is 0 Å². The molecule has 1 aliphatic rings. The van der Waals surface area contributed by atoms with Crippen LogP contribution in [0.5, 0.6) is 0 Å². The van der Waals surface area contributed by atoms with Crippen LogP contribution in [-0.2, 0) is 29.0 Å². The van der Waals surface area contributed by atoms with Crippen molar-refractivity contribution in [2.75, 3.05) is 13.1 Å².